The molecule has 0 saturated carbocycles. The van der Waals surface area contributed by atoms with Gasteiger partial charge in [0, 0.05) is 11.1 Å². The van der Waals surface area contributed by atoms with Gasteiger partial charge in [0.15, 0.2) is 5.69 Å². The lowest BCUT2D eigenvalue weighted by atomic mass is 9.96. The van der Waals surface area contributed by atoms with Gasteiger partial charge in [-0.3, -0.25) is 5.73 Å². The standard InChI is InChI=1S/C23H15FN4O/c1-12-17(9-16-7-8-20(29-16)14-3-5-15(24)6-4-14)21-13(2)19(11-26)23(27)28-22(21)18(12)10-25/h3-9H,1-2H3,(H2,27,28)/p+1. The normalized spacial score (nSPS) is 14.0. The van der Waals surface area contributed by atoms with E-state index < -0.39 is 0 Å². The molecule has 0 aliphatic heterocycles. The molecule has 0 saturated heterocycles. The van der Waals surface area contributed by atoms with Crippen LogP contribution in [0.1, 0.15) is 35.1 Å². The second-order valence-electron chi connectivity index (χ2n) is 6.78. The second-order valence-corrected chi connectivity index (χ2v) is 6.78. The Labute approximate surface area is 166 Å². The molecule has 4 rings (SSSR count). The van der Waals surface area contributed by atoms with Crippen molar-refractivity contribution in [2.75, 3.05) is 5.73 Å². The lowest BCUT2D eigenvalue weighted by molar-refractivity contribution is -0.364. The first kappa shape index (κ1) is 18.2. The molecule has 0 spiro atoms. The zero-order chi connectivity index (χ0) is 20.7. The van der Waals surface area contributed by atoms with Crippen LogP contribution in [0.3, 0.4) is 0 Å². The average molecular weight is 383 g/mol. The van der Waals surface area contributed by atoms with E-state index in [0.717, 1.165) is 22.3 Å². The number of allylic oxidation sites excluding steroid dienone is 3. The summed E-state index contributed by atoms with van der Waals surface area (Å²) < 4.78 is 19.1. The summed E-state index contributed by atoms with van der Waals surface area (Å²) >= 11 is 0. The molecule has 0 amide bonds. The molecule has 1 aliphatic carbocycles. The fourth-order valence-electron chi connectivity index (χ4n) is 3.61. The molecular weight excluding hydrogens is 367 g/mol. The summed E-state index contributed by atoms with van der Waals surface area (Å²) in [6, 6.07) is 14.0. The van der Waals surface area contributed by atoms with Gasteiger partial charge in [-0.2, -0.15) is 10.5 Å². The Bertz CT molecular complexity index is 1300. The third-order valence-electron chi connectivity index (χ3n) is 5.09. The number of halogens is 1. The van der Waals surface area contributed by atoms with Crippen molar-refractivity contribution in [3.05, 3.63) is 75.9 Å². The van der Waals surface area contributed by atoms with Crippen LogP contribution in [-0.4, -0.2) is 0 Å². The number of nitrogens with zero attached hydrogens (tertiary/aromatic N) is 2. The van der Waals surface area contributed by atoms with Crippen molar-refractivity contribution in [3.63, 3.8) is 0 Å². The van der Waals surface area contributed by atoms with Crippen molar-refractivity contribution in [1.82, 2.24) is 0 Å². The number of anilines is 1. The van der Waals surface area contributed by atoms with Crippen LogP contribution in [0, 0.1) is 35.4 Å². The number of hydrogen-bond donors (Lipinski definition) is 1. The summed E-state index contributed by atoms with van der Waals surface area (Å²) in [5.74, 6) is 1.12. The number of furan rings is 1. The van der Waals surface area contributed by atoms with E-state index in [2.05, 4.69) is 17.1 Å². The van der Waals surface area contributed by atoms with E-state index >= 15 is 0 Å². The Balaban J connectivity index is 1.86. The van der Waals surface area contributed by atoms with E-state index in [-0.39, 0.29) is 11.6 Å². The molecule has 5 nitrogen and oxygen atoms in total. The van der Waals surface area contributed by atoms with Crippen LogP contribution >= 0.6 is 0 Å². The maximum absolute atomic E-state index is 13.2. The largest absolute Gasteiger partial charge is 0.457 e. The third kappa shape index (κ3) is 2.88. The van der Waals surface area contributed by atoms with Crippen LogP contribution in [0.5, 0.6) is 0 Å². The summed E-state index contributed by atoms with van der Waals surface area (Å²) in [5.41, 5.74) is 11.2. The molecule has 140 valence electrons. The molecule has 3 aromatic rings. The monoisotopic (exact) mass is 383 g/mol. The van der Waals surface area contributed by atoms with Crippen molar-refractivity contribution < 1.29 is 13.8 Å². The summed E-state index contributed by atoms with van der Waals surface area (Å²) in [4.78, 5) is 3.00. The van der Waals surface area contributed by atoms with E-state index in [1.165, 1.54) is 12.1 Å². The lowest BCUT2D eigenvalue weighted by Gasteiger charge is -2.07. The molecule has 1 aromatic carbocycles. The van der Waals surface area contributed by atoms with Crippen LogP contribution in [0.2, 0.25) is 0 Å². The topological polar surface area (TPSA) is 101 Å². The Morgan fingerprint density at radius 1 is 1.07 bits per heavy atom. The van der Waals surface area contributed by atoms with Crippen LogP contribution in [0.4, 0.5) is 10.2 Å². The maximum Gasteiger partial charge on any atom is 0.289 e. The molecule has 0 fully saturated rings. The number of nitrogens with one attached hydrogen (secondary N) is 1. The number of nitrogens with two attached hydrogens (primary N) is 1. The van der Waals surface area contributed by atoms with Crippen molar-refractivity contribution in [1.29, 1.82) is 10.5 Å². The van der Waals surface area contributed by atoms with Crippen molar-refractivity contribution in [3.8, 4) is 23.5 Å². The molecule has 0 atom stereocenters. The third-order valence-corrected chi connectivity index (χ3v) is 5.09. The maximum atomic E-state index is 13.2. The molecule has 3 N–H and O–H groups in total. The molecule has 0 radical (unpaired) electrons. The highest BCUT2D eigenvalue weighted by Gasteiger charge is 2.32. The number of rotatable bonds is 2. The summed E-state index contributed by atoms with van der Waals surface area (Å²) in [6.07, 6.45) is 1.84. The first-order valence-electron chi connectivity index (χ1n) is 8.89. The van der Waals surface area contributed by atoms with Gasteiger partial charge in [0.25, 0.3) is 5.82 Å². The minimum absolute atomic E-state index is 0.238. The van der Waals surface area contributed by atoms with E-state index in [1.54, 1.807) is 12.1 Å². The molecule has 2 aromatic heterocycles. The molecule has 0 bridgehead atoms. The predicted molar refractivity (Wildman–Crippen MR) is 107 cm³/mol. The average Bonchev–Trinajstić information content (AvgIpc) is 3.26. The summed E-state index contributed by atoms with van der Waals surface area (Å²) in [6.45, 7) is 3.67. The highest BCUT2D eigenvalue weighted by Crippen LogP contribution is 2.43. The first-order chi connectivity index (χ1) is 13.9. The Hall–Kier alpha value is -4.16. The highest BCUT2D eigenvalue weighted by atomic mass is 19.1. The number of hydrogen-bond acceptors (Lipinski definition) is 4. The number of nitriles is 2. The Morgan fingerprint density at radius 3 is 2.45 bits per heavy atom. The van der Waals surface area contributed by atoms with Crippen LogP contribution in [0.25, 0.3) is 28.5 Å². The van der Waals surface area contributed by atoms with E-state index in [4.69, 9.17) is 10.2 Å². The smallest absolute Gasteiger partial charge is 0.289 e. The summed E-state index contributed by atoms with van der Waals surface area (Å²) in [7, 11) is 0. The first-order valence-corrected chi connectivity index (χ1v) is 8.89. The number of aromatic amines is 1. The van der Waals surface area contributed by atoms with E-state index in [0.29, 0.717) is 33.9 Å². The van der Waals surface area contributed by atoms with Gasteiger partial charge in [-0.05, 0) is 73.0 Å². The van der Waals surface area contributed by atoms with Gasteiger partial charge in [0.1, 0.15) is 40.6 Å². The molecule has 2 heterocycles. The molecule has 0 unspecified atom stereocenters. The van der Waals surface area contributed by atoms with Gasteiger partial charge in [-0.15, -0.1) is 0 Å². The van der Waals surface area contributed by atoms with E-state index in [1.807, 2.05) is 32.1 Å². The van der Waals surface area contributed by atoms with Gasteiger partial charge in [0.05, 0.1) is 0 Å². The Kier molecular flexibility index (Phi) is 4.26. The van der Waals surface area contributed by atoms with Gasteiger partial charge in [-0.25, -0.2) is 9.37 Å². The minimum Gasteiger partial charge on any atom is -0.457 e. The number of benzene rings is 1. The van der Waals surface area contributed by atoms with Gasteiger partial charge < -0.3 is 4.42 Å². The van der Waals surface area contributed by atoms with Crippen molar-refractivity contribution >= 4 is 23.0 Å². The van der Waals surface area contributed by atoms with Crippen LogP contribution in [0.15, 0.2) is 46.4 Å². The molecule has 29 heavy (non-hydrogen) atoms. The molecule has 6 heteroatoms. The number of pyridine rings is 1. The van der Waals surface area contributed by atoms with E-state index in [9.17, 15) is 14.9 Å². The second kappa shape index (κ2) is 6.78. The summed E-state index contributed by atoms with van der Waals surface area (Å²) in [5, 5.41) is 19.1. The van der Waals surface area contributed by atoms with Gasteiger partial charge >= 0.3 is 0 Å². The lowest BCUT2D eigenvalue weighted by Crippen LogP contribution is -2.20. The number of aromatic nitrogens is 1. The predicted octanol–water partition coefficient (Wildman–Crippen LogP) is 4.51. The SMILES string of the molecule is CC1=C(C#N)c2[nH+]c(N)c(C#N)c(C)c2C1=Cc1ccc(-c2ccc(F)cc2)o1. The Morgan fingerprint density at radius 2 is 1.79 bits per heavy atom. The number of H-pyrrole nitrogens is 1. The number of nitrogen functional groups attached to an aromatic ring is 1. The van der Waals surface area contributed by atoms with Gasteiger partial charge in [0.2, 0.25) is 0 Å². The zero-order valence-corrected chi connectivity index (χ0v) is 15.8. The molecule has 1 aliphatic rings. The van der Waals surface area contributed by atoms with Crippen LogP contribution in [-0.2, 0) is 0 Å². The van der Waals surface area contributed by atoms with Crippen molar-refractivity contribution in [2.24, 2.45) is 0 Å². The minimum atomic E-state index is -0.311. The van der Waals surface area contributed by atoms with Crippen molar-refractivity contribution in [2.45, 2.75) is 13.8 Å². The fourth-order valence-corrected chi connectivity index (χ4v) is 3.61. The number of fused-ring (bicyclic) bond motifs is 1. The van der Waals surface area contributed by atoms with Crippen LogP contribution < -0.4 is 10.7 Å². The fraction of sp³-hybridized carbons (Fsp3) is 0.0870. The van der Waals surface area contributed by atoms with Gasteiger partial charge in [-0.1, -0.05) is 0 Å². The molecular formula is C23H16FN4O+. The highest BCUT2D eigenvalue weighted by molar-refractivity contribution is 6.07. The zero-order valence-electron chi connectivity index (χ0n) is 15.8. The quantitative estimate of drug-likeness (QED) is 0.703.